The second-order valence-electron chi connectivity index (χ2n) is 3.42. The highest BCUT2D eigenvalue weighted by atomic mass is 16.6. The molecule has 0 saturated carbocycles. The number of nitro benzene ring substituents is 1. The van der Waals surface area contributed by atoms with Crippen LogP contribution in [-0.2, 0) is 6.42 Å². The summed E-state index contributed by atoms with van der Waals surface area (Å²) < 4.78 is 0. The van der Waals surface area contributed by atoms with E-state index in [1.807, 2.05) is 13.0 Å². The van der Waals surface area contributed by atoms with Crippen molar-refractivity contribution in [2.75, 3.05) is 13.1 Å². The molecule has 0 radical (unpaired) electrons. The molecule has 4 heteroatoms. The number of nitrogens with one attached hydrogen (secondary N) is 1. The molecule has 82 valence electrons. The maximum absolute atomic E-state index is 10.7. The van der Waals surface area contributed by atoms with Crippen molar-refractivity contribution in [3.05, 3.63) is 39.4 Å². The second-order valence-corrected chi connectivity index (χ2v) is 3.42. The number of hydrogen-bond acceptors (Lipinski definition) is 3. The lowest BCUT2D eigenvalue weighted by Crippen LogP contribution is -2.16. The van der Waals surface area contributed by atoms with Crippen LogP contribution in [0.25, 0.3) is 0 Å². The molecule has 0 bridgehead atoms. The molecule has 0 heterocycles. The molecule has 0 aliphatic heterocycles. The zero-order chi connectivity index (χ0) is 11.3. The minimum absolute atomic E-state index is 0.212. The molecule has 0 saturated heterocycles. The summed E-state index contributed by atoms with van der Waals surface area (Å²) in [6.07, 6.45) is 0.835. The van der Waals surface area contributed by atoms with Crippen molar-refractivity contribution in [1.29, 1.82) is 0 Å². The number of likely N-dealkylation sites (N-methyl/N-ethyl adjacent to an activating group) is 1. The SMILES string of the molecule is CCNCCc1cccc([N+](=O)[O-])c1C. The first-order chi connectivity index (χ1) is 7.16. The minimum atomic E-state index is -0.327. The summed E-state index contributed by atoms with van der Waals surface area (Å²) in [7, 11) is 0. The maximum Gasteiger partial charge on any atom is 0.272 e. The maximum atomic E-state index is 10.7. The quantitative estimate of drug-likeness (QED) is 0.457. The van der Waals surface area contributed by atoms with E-state index in [0.29, 0.717) is 0 Å². The number of nitro groups is 1. The van der Waals surface area contributed by atoms with Gasteiger partial charge in [0.15, 0.2) is 0 Å². The number of rotatable bonds is 5. The smallest absolute Gasteiger partial charge is 0.272 e. The van der Waals surface area contributed by atoms with Crippen LogP contribution in [0.5, 0.6) is 0 Å². The van der Waals surface area contributed by atoms with E-state index < -0.39 is 0 Å². The molecule has 1 rings (SSSR count). The highest BCUT2D eigenvalue weighted by Crippen LogP contribution is 2.20. The molecule has 0 spiro atoms. The summed E-state index contributed by atoms with van der Waals surface area (Å²) in [5, 5.41) is 13.9. The van der Waals surface area contributed by atoms with E-state index in [4.69, 9.17) is 0 Å². The Hall–Kier alpha value is -1.42. The summed E-state index contributed by atoms with van der Waals surface area (Å²) in [6.45, 7) is 5.63. The van der Waals surface area contributed by atoms with Gasteiger partial charge in [-0.15, -0.1) is 0 Å². The van der Waals surface area contributed by atoms with Gasteiger partial charge in [-0.1, -0.05) is 19.1 Å². The summed E-state index contributed by atoms with van der Waals surface area (Å²) >= 11 is 0. The van der Waals surface area contributed by atoms with E-state index in [1.165, 1.54) is 0 Å². The molecule has 15 heavy (non-hydrogen) atoms. The fourth-order valence-electron chi connectivity index (χ4n) is 1.54. The van der Waals surface area contributed by atoms with Crippen LogP contribution in [0.4, 0.5) is 5.69 Å². The van der Waals surface area contributed by atoms with Crippen LogP contribution in [0.2, 0.25) is 0 Å². The lowest BCUT2D eigenvalue weighted by atomic mass is 10.0. The average Bonchev–Trinajstić information content (AvgIpc) is 2.20. The molecule has 0 amide bonds. The predicted octanol–water partition coefficient (Wildman–Crippen LogP) is 2.06. The van der Waals surface area contributed by atoms with Gasteiger partial charge in [0.1, 0.15) is 0 Å². The molecule has 4 nitrogen and oxygen atoms in total. The van der Waals surface area contributed by atoms with Crippen LogP contribution in [0.15, 0.2) is 18.2 Å². The van der Waals surface area contributed by atoms with E-state index >= 15 is 0 Å². The van der Waals surface area contributed by atoms with Crippen molar-refractivity contribution in [2.45, 2.75) is 20.3 Å². The number of hydrogen-bond donors (Lipinski definition) is 1. The van der Waals surface area contributed by atoms with E-state index in [-0.39, 0.29) is 10.6 Å². The van der Waals surface area contributed by atoms with Crippen LogP contribution in [0.1, 0.15) is 18.1 Å². The largest absolute Gasteiger partial charge is 0.317 e. The highest BCUT2D eigenvalue weighted by Gasteiger charge is 2.12. The third-order valence-electron chi connectivity index (χ3n) is 2.44. The first-order valence-electron chi connectivity index (χ1n) is 5.10. The molecule has 1 aromatic rings. The average molecular weight is 208 g/mol. The van der Waals surface area contributed by atoms with Gasteiger partial charge in [-0.25, -0.2) is 0 Å². The van der Waals surface area contributed by atoms with Gasteiger partial charge in [-0.3, -0.25) is 10.1 Å². The molecule has 0 unspecified atom stereocenters. The van der Waals surface area contributed by atoms with E-state index in [1.54, 1.807) is 19.1 Å². The van der Waals surface area contributed by atoms with Gasteiger partial charge >= 0.3 is 0 Å². The molecular formula is C11H16N2O2. The Morgan fingerprint density at radius 2 is 2.20 bits per heavy atom. The topological polar surface area (TPSA) is 55.2 Å². The summed E-state index contributed by atoms with van der Waals surface area (Å²) in [6, 6.07) is 5.23. The summed E-state index contributed by atoms with van der Waals surface area (Å²) in [5.74, 6) is 0. The van der Waals surface area contributed by atoms with Crippen molar-refractivity contribution in [2.24, 2.45) is 0 Å². The Balaban J connectivity index is 2.80. The number of nitrogens with zero attached hydrogens (tertiary/aromatic N) is 1. The first kappa shape index (κ1) is 11.7. The Morgan fingerprint density at radius 3 is 2.80 bits per heavy atom. The standard InChI is InChI=1S/C11H16N2O2/c1-3-12-8-7-10-5-4-6-11(9(10)2)13(14)15/h4-6,12H,3,7-8H2,1-2H3. The second kappa shape index (κ2) is 5.46. The highest BCUT2D eigenvalue weighted by molar-refractivity contribution is 5.44. The van der Waals surface area contributed by atoms with E-state index in [2.05, 4.69) is 5.32 Å². The Labute approximate surface area is 89.5 Å². The summed E-state index contributed by atoms with van der Waals surface area (Å²) in [5.41, 5.74) is 2.04. The van der Waals surface area contributed by atoms with Crippen molar-refractivity contribution in [3.8, 4) is 0 Å². The number of benzene rings is 1. The van der Waals surface area contributed by atoms with Crippen LogP contribution >= 0.6 is 0 Å². The monoisotopic (exact) mass is 208 g/mol. The van der Waals surface area contributed by atoms with Crippen molar-refractivity contribution in [3.63, 3.8) is 0 Å². The van der Waals surface area contributed by atoms with Crippen molar-refractivity contribution >= 4 is 5.69 Å². The molecule has 0 aromatic heterocycles. The van der Waals surface area contributed by atoms with Crippen LogP contribution in [-0.4, -0.2) is 18.0 Å². The third-order valence-corrected chi connectivity index (χ3v) is 2.44. The van der Waals surface area contributed by atoms with Crippen LogP contribution < -0.4 is 5.32 Å². The van der Waals surface area contributed by atoms with Gasteiger partial charge in [0, 0.05) is 11.6 Å². The molecule has 0 aliphatic rings. The van der Waals surface area contributed by atoms with Crippen LogP contribution in [0, 0.1) is 17.0 Å². The van der Waals surface area contributed by atoms with Gasteiger partial charge in [0.2, 0.25) is 0 Å². The predicted molar refractivity (Wildman–Crippen MR) is 60.1 cm³/mol. The fraction of sp³-hybridized carbons (Fsp3) is 0.455. The van der Waals surface area contributed by atoms with Gasteiger partial charge in [-0.2, -0.15) is 0 Å². The van der Waals surface area contributed by atoms with E-state index in [9.17, 15) is 10.1 Å². The Bertz CT molecular complexity index is 350. The van der Waals surface area contributed by atoms with Crippen LogP contribution in [0.3, 0.4) is 0 Å². The molecule has 0 atom stereocenters. The zero-order valence-electron chi connectivity index (χ0n) is 9.12. The zero-order valence-corrected chi connectivity index (χ0v) is 9.12. The molecule has 0 aliphatic carbocycles. The fourth-order valence-corrected chi connectivity index (χ4v) is 1.54. The third kappa shape index (κ3) is 3.02. The van der Waals surface area contributed by atoms with E-state index in [0.717, 1.165) is 30.6 Å². The lowest BCUT2D eigenvalue weighted by molar-refractivity contribution is -0.385. The van der Waals surface area contributed by atoms with Gasteiger partial charge in [-0.05, 0) is 32.0 Å². The molecular weight excluding hydrogens is 192 g/mol. The van der Waals surface area contributed by atoms with Gasteiger partial charge in [0.25, 0.3) is 5.69 Å². The molecule has 1 N–H and O–H groups in total. The van der Waals surface area contributed by atoms with Gasteiger partial charge in [0.05, 0.1) is 4.92 Å². The lowest BCUT2D eigenvalue weighted by Gasteiger charge is -2.06. The molecule has 0 fully saturated rings. The molecule has 1 aromatic carbocycles. The van der Waals surface area contributed by atoms with Crippen molar-refractivity contribution in [1.82, 2.24) is 5.32 Å². The Kier molecular flexibility index (Phi) is 4.24. The normalized spacial score (nSPS) is 10.3. The van der Waals surface area contributed by atoms with Crippen molar-refractivity contribution < 1.29 is 4.92 Å². The first-order valence-corrected chi connectivity index (χ1v) is 5.10. The minimum Gasteiger partial charge on any atom is -0.317 e. The Morgan fingerprint density at radius 1 is 1.47 bits per heavy atom. The van der Waals surface area contributed by atoms with Gasteiger partial charge < -0.3 is 5.32 Å². The summed E-state index contributed by atoms with van der Waals surface area (Å²) in [4.78, 5) is 10.4.